The third kappa shape index (κ3) is 1.68. The van der Waals surface area contributed by atoms with Crippen LogP contribution < -0.4 is 4.74 Å². The monoisotopic (exact) mass is 270 g/mol. The Bertz CT molecular complexity index is 409. The van der Waals surface area contributed by atoms with Gasteiger partial charge in [0.25, 0.3) is 0 Å². The number of hydrogen-bond donors (Lipinski definition) is 1. The average molecular weight is 271 g/mol. The number of benzene rings is 1. The Hall–Kier alpha value is -0.540. The summed E-state index contributed by atoms with van der Waals surface area (Å²) in [6.45, 7) is 4.01. The van der Waals surface area contributed by atoms with Crippen molar-refractivity contribution in [1.29, 1.82) is 0 Å². The Morgan fingerprint density at radius 2 is 2.00 bits per heavy atom. The molecule has 0 heterocycles. The third-order valence-electron chi connectivity index (χ3n) is 3.05. The molecule has 1 saturated carbocycles. The standard InChI is InChI=1S/C12H15BrO2/c1-7-6-9(13)10(12(14)4-5-12)8(2)11(7)15-3/h6,14H,4-5H2,1-3H3. The summed E-state index contributed by atoms with van der Waals surface area (Å²) in [6.07, 6.45) is 1.69. The van der Waals surface area contributed by atoms with E-state index < -0.39 is 5.60 Å². The molecule has 0 aromatic heterocycles. The van der Waals surface area contributed by atoms with E-state index in [1.54, 1.807) is 7.11 Å². The zero-order chi connectivity index (χ0) is 11.2. The zero-order valence-corrected chi connectivity index (χ0v) is 10.8. The fourth-order valence-corrected chi connectivity index (χ4v) is 3.18. The van der Waals surface area contributed by atoms with Gasteiger partial charge in [-0.1, -0.05) is 15.9 Å². The summed E-state index contributed by atoms with van der Waals surface area (Å²) in [5.74, 6) is 0.883. The van der Waals surface area contributed by atoms with Crippen molar-refractivity contribution in [2.75, 3.05) is 7.11 Å². The first kappa shape index (κ1) is 11.0. The highest BCUT2D eigenvalue weighted by Gasteiger charge is 2.45. The second-order valence-corrected chi connectivity index (χ2v) is 5.09. The lowest BCUT2D eigenvalue weighted by atomic mass is 9.98. The van der Waals surface area contributed by atoms with Crippen LogP contribution in [-0.2, 0) is 5.60 Å². The molecule has 15 heavy (non-hydrogen) atoms. The first-order chi connectivity index (χ1) is 6.99. The maximum Gasteiger partial charge on any atom is 0.125 e. The molecule has 3 heteroatoms. The molecule has 1 N–H and O–H groups in total. The maximum atomic E-state index is 10.2. The van der Waals surface area contributed by atoms with Gasteiger partial charge < -0.3 is 9.84 Å². The normalized spacial score (nSPS) is 17.7. The van der Waals surface area contributed by atoms with Crippen LogP contribution in [0.1, 0.15) is 29.5 Å². The number of ether oxygens (including phenoxy) is 1. The molecule has 1 aromatic rings. The van der Waals surface area contributed by atoms with E-state index in [2.05, 4.69) is 15.9 Å². The van der Waals surface area contributed by atoms with Gasteiger partial charge in [0, 0.05) is 10.0 Å². The Kier molecular flexibility index (Phi) is 2.55. The van der Waals surface area contributed by atoms with E-state index in [1.165, 1.54) is 0 Å². The van der Waals surface area contributed by atoms with E-state index >= 15 is 0 Å². The second-order valence-electron chi connectivity index (χ2n) is 4.24. The van der Waals surface area contributed by atoms with Crippen molar-refractivity contribution in [1.82, 2.24) is 0 Å². The van der Waals surface area contributed by atoms with Gasteiger partial charge in [0.2, 0.25) is 0 Å². The largest absolute Gasteiger partial charge is 0.496 e. The smallest absolute Gasteiger partial charge is 0.125 e. The number of aliphatic hydroxyl groups is 1. The zero-order valence-electron chi connectivity index (χ0n) is 9.22. The van der Waals surface area contributed by atoms with Crippen LogP contribution in [0.25, 0.3) is 0 Å². The van der Waals surface area contributed by atoms with Crippen molar-refractivity contribution in [3.8, 4) is 5.75 Å². The minimum atomic E-state index is -0.621. The lowest BCUT2D eigenvalue weighted by Gasteiger charge is -2.18. The first-order valence-electron chi connectivity index (χ1n) is 5.06. The van der Waals surface area contributed by atoms with Crippen molar-refractivity contribution in [3.05, 3.63) is 27.2 Å². The summed E-state index contributed by atoms with van der Waals surface area (Å²) in [5.41, 5.74) is 2.51. The van der Waals surface area contributed by atoms with Crippen LogP contribution in [0.4, 0.5) is 0 Å². The highest BCUT2D eigenvalue weighted by molar-refractivity contribution is 9.10. The van der Waals surface area contributed by atoms with Gasteiger partial charge in [-0.25, -0.2) is 0 Å². The minimum absolute atomic E-state index is 0.621. The van der Waals surface area contributed by atoms with Crippen molar-refractivity contribution < 1.29 is 9.84 Å². The fraction of sp³-hybridized carbons (Fsp3) is 0.500. The topological polar surface area (TPSA) is 29.5 Å². The minimum Gasteiger partial charge on any atom is -0.496 e. The first-order valence-corrected chi connectivity index (χ1v) is 5.85. The molecule has 2 nitrogen and oxygen atoms in total. The summed E-state index contributed by atoms with van der Waals surface area (Å²) >= 11 is 3.52. The SMILES string of the molecule is COc1c(C)cc(Br)c(C2(O)CC2)c1C. The molecular weight excluding hydrogens is 256 g/mol. The molecule has 1 aromatic carbocycles. The van der Waals surface area contributed by atoms with E-state index in [0.717, 1.165) is 39.8 Å². The highest BCUT2D eigenvalue weighted by atomic mass is 79.9. The molecule has 0 spiro atoms. The molecule has 0 aliphatic heterocycles. The van der Waals surface area contributed by atoms with Gasteiger partial charge >= 0.3 is 0 Å². The fourth-order valence-electron chi connectivity index (χ4n) is 2.17. The van der Waals surface area contributed by atoms with Crippen LogP contribution >= 0.6 is 15.9 Å². The van der Waals surface area contributed by atoms with Crippen molar-refractivity contribution >= 4 is 15.9 Å². The molecule has 82 valence electrons. The number of aryl methyl sites for hydroxylation is 1. The lowest BCUT2D eigenvalue weighted by molar-refractivity contribution is 0.149. The predicted octanol–water partition coefficient (Wildman–Crippen LogP) is 3.06. The molecule has 0 radical (unpaired) electrons. The van der Waals surface area contributed by atoms with Gasteiger partial charge in [-0.05, 0) is 43.9 Å². The van der Waals surface area contributed by atoms with Crippen LogP contribution in [0.3, 0.4) is 0 Å². The van der Waals surface area contributed by atoms with Gasteiger partial charge in [0.1, 0.15) is 5.75 Å². The lowest BCUT2D eigenvalue weighted by Crippen LogP contribution is -2.09. The highest BCUT2D eigenvalue weighted by Crippen LogP contribution is 2.51. The second kappa shape index (κ2) is 3.49. The molecule has 0 saturated heterocycles. The van der Waals surface area contributed by atoms with Gasteiger partial charge in [0.05, 0.1) is 12.7 Å². The molecule has 0 amide bonds. The Morgan fingerprint density at radius 1 is 1.40 bits per heavy atom. The van der Waals surface area contributed by atoms with E-state index in [4.69, 9.17) is 4.74 Å². The van der Waals surface area contributed by atoms with Crippen LogP contribution in [0, 0.1) is 13.8 Å². The Morgan fingerprint density at radius 3 is 2.47 bits per heavy atom. The van der Waals surface area contributed by atoms with Crippen LogP contribution in [0.2, 0.25) is 0 Å². The quantitative estimate of drug-likeness (QED) is 0.895. The summed E-state index contributed by atoms with van der Waals surface area (Å²) in [4.78, 5) is 0. The number of methoxy groups -OCH3 is 1. The summed E-state index contributed by atoms with van der Waals surface area (Å²) in [5, 5.41) is 10.2. The van der Waals surface area contributed by atoms with Crippen LogP contribution in [-0.4, -0.2) is 12.2 Å². The summed E-state index contributed by atoms with van der Waals surface area (Å²) in [7, 11) is 1.67. The van der Waals surface area contributed by atoms with E-state index in [0.29, 0.717) is 0 Å². The van der Waals surface area contributed by atoms with E-state index in [-0.39, 0.29) is 0 Å². The summed E-state index contributed by atoms with van der Waals surface area (Å²) in [6, 6.07) is 2.01. The molecule has 0 bridgehead atoms. The number of rotatable bonds is 2. The Labute approximate surface area is 98.4 Å². The van der Waals surface area contributed by atoms with Crippen LogP contribution in [0.5, 0.6) is 5.75 Å². The van der Waals surface area contributed by atoms with E-state index in [1.807, 2.05) is 19.9 Å². The van der Waals surface area contributed by atoms with E-state index in [9.17, 15) is 5.11 Å². The molecule has 0 unspecified atom stereocenters. The average Bonchev–Trinajstić information content (AvgIpc) is 2.83. The van der Waals surface area contributed by atoms with Crippen LogP contribution in [0.15, 0.2) is 10.5 Å². The maximum absolute atomic E-state index is 10.2. The Balaban J connectivity index is 2.64. The molecular formula is C12H15BrO2. The molecule has 1 fully saturated rings. The van der Waals surface area contributed by atoms with Gasteiger partial charge in [-0.15, -0.1) is 0 Å². The third-order valence-corrected chi connectivity index (χ3v) is 3.67. The molecule has 1 aliphatic carbocycles. The molecule has 1 aliphatic rings. The molecule has 2 rings (SSSR count). The van der Waals surface area contributed by atoms with Crippen molar-refractivity contribution in [3.63, 3.8) is 0 Å². The van der Waals surface area contributed by atoms with Crippen molar-refractivity contribution in [2.45, 2.75) is 32.3 Å². The molecule has 0 atom stereocenters. The van der Waals surface area contributed by atoms with Gasteiger partial charge in [-0.3, -0.25) is 0 Å². The van der Waals surface area contributed by atoms with Gasteiger partial charge in [-0.2, -0.15) is 0 Å². The number of halogens is 1. The predicted molar refractivity (Wildman–Crippen MR) is 63.3 cm³/mol. The summed E-state index contributed by atoms with van der Waals surface area (Å²) < 4.78 is 6.35. The van der Waals surface area contributed by atoms with Crippen molar-refractivity contribution in [2.24, 2.45) is 0 Å². The van der Waals surface area contributed by atoms with Gasteiger partial charge in [0.15, 0.2) is 0 Å². The number of hydrogen-bond acceptors (Lipinski definition) is 2.